The number of hydrogen-bond acceptors (Lipinski definition) is 7. The molecule has 2 aromatic carbocycles. The molecule has 0 radical (unpaired) electrons. The third kappa shape index (κ3) is 4.60. The van der Waals surface area contributed by atoms with Crippen LogP contribution in [0.1, 0.15) is 28.0 Å². The molecule has 0 saturated carbocycles. The Morgan fingerprint density at radius 1 is 1.03 bits per heavy atom. The predicted molar refractivity (Wildman–Crippen MR) is 115 cm³/mol. The van der Waals surface area contributed by atoms with Gasteiger partial charge in [-0.1, -0.05) is 64.9 Å². The molecular weight excluding hydrogens is 400 g/mol. The van der Waals surface area contributed by atoms with Crippen molar-refractivity contribution >= 4 is 23.5 Å². The Hall–Kier alpha value is -3.39. The number of benzene rings is 2. The summed E-state index contributed by atoms with van der Waals surface area (Å²) in [5.41, 5.74) is 2.87. The Balaban J connectivity index is 1.50. The van der Waals surface area contributed by atoms with Gasteiger partial charge in [-0.05, 0) is 25.0 Å². The number of aromatic nitrogens is 3. The Morgan fingerprint density at radius 2 is 1.80 bits per heavy atom. The standard InChI is InChI=1S/C22H20N4O3S/c1-14-8-6-7-11-17(14)21-24-19(29-26-21)13-30-20(16-9-4-3-5-10-16)22(27)23-18-12-15(2)28-25-18/h3-12,20H,13H2,1-2H3,(H,23,25,27). The summed E-state index contributed by atoms with van der Waals surface area (Å²) in [5.74, 6) is 2.22. The number of nitrogens with zero attached hydrogens (tertiary/aromatic N) is 3. The number of rotatable bonds is 7. The SMILES string of the molecule is Cc1cc(NC(=O)C(SCc2nc(-c3ccccc3C)no2)c2ccccc2)no1. The maximum absolute atomic E-state index is 12.9. The molecule has 1 unspecified atom stereocenters. The molecule has 0 aliphatic carbocycles. The minimum Gasteiger partial charge on any atom is -0.360 e. The highest BCUT2D eigenvalue weighted by atomic mass is 32.2. The Morgan fingerprint density at radius 3 is 2.53 bits per heavy atom. The Labute approximate surface area is 177 Å². The van der Waals surface area contributed by atoms with Crippen molar-refractivity contribution in [3.63, 3.8) is 0 Å². The van der Waals surface area contributed by atoms with Gasteiger partial charge in [0.2, 0.25) is 17.6 Å². The molecular formula is C22H20N4O3S. The van der Waals surface area contributed by atoms with Crippen molar-refractivity contribution in [1.29, 1.82) is 0 Å². The maximum Gasteiger partial charge on any atom is 0.243 e. The second-order valence-corrected chi connectivity index (χ2v) is 7.83. The first-order valence-corrected chi connectivity index (χ1v) is 10.4. The van der Waals surface area contributed by atoms with Crippen molar-refractivity contribution in [2.75, 3.05) is 5.32 Å². The lowest BCUT2D eigenvalue weighted by atomic mass is 10.1. The molecule has 1 atom stereocenters. The van der Waals surface area contributed by atoms with Gasteiger partial charge in [0, 0.05) is 11.6 Å². The molecule has 0 aliphatic rings. The van der Waals surface area contributed by atoms with Crippen molar-refractivity contribution in [1.82, 2.24) is 15.3 Å². The van der Waals surface area contributed by atoms with E-state index >= 15 is 0 Å². The van der Waals surface area contributed by atoms with Crippen molar-refractivity contribution < 1.29 is 13.8 Å². The fraction of sp³-hybridized carbons (Fsp3) is 0.182. The highest BCUT2D eigenvalue weighted by Gasteiger charge is 2.23. The third-order valence-electron chi connectivity index (χ3n) is 4.45. The lowest BCUT2D eigenvalue weighted by Crippen LogP contribution is -2.19. The molecule has 8 heteroatoms. The summed E-state index contributed by atoms with van der Waals surface area (Å²) in [6.07, 6.45) is 0. The zero-order valence-corrected chi connectivity index (χ0v) is 17.3. The zero-order valence-electron chi connectivity index (χ0n) is 16.5. The van der Waals surface area contributed by atoms with Gasteiger partial charge in [0.15, 0.2) is 5.82 Å². The number of hydrogen-bond donors (Lipinski definition) is 1. The molecule has 0 fully saturated rings. The number of carbonyl (C=O) groups is 1. The molecule has 0 saturated heterocycles. The van der Waals surface area contributed by atoms with Crippen LogP contribution in [0.3, 0.4) is 0 Å². The van der Waals surface area contributed by atoms with Crippen LogP contribution in [0.4, 0.5) is 5.82 Å². The van der Waals surface area contributed by atoms with E-state index in [0.717, 1.165) is 16.7 Å². The summed E-state index contributed by atoms with van der Waals surface area (Å²) < 4.78 is 10.5. The largest absolute Gasteiger partial charge is 0.360 e. The molecule has 152 valence electrons. The molecule has 0 aliphatic heterocycles. The normalized spacial score (nSPS) is 11.9. The number of amides is 1. The van der Waals surface area contributed by atoms with Gasteiger partial charge in [-0.25, -0.2) is 0 Å². The lowest BCUT2D eigenvalue weighted by molar-refractivity contribution is -0.115. The summed E-state index contributed by atoms with van der Waals surface area (Å²) >= 11 is 1.41. The molecule has 4 rings (SSSR count). The van der Waals surface area contributed by atoms with E-state index in [2.05, 4.69) is 20.6 Å². The summed E-state index contributed by atoms with van der Waals surface area (Å²) in [7, 11) is 0. The quantitative estimate of drug-likeness (QED) is 0.452. The molecule has 1 N–H and O–H groups in total. The van der Waals surface area contributed by atoms with Crippen molar-refractivity contribution in [3.8, 4) is 11.4 Å². The predicted octanol–water partition coefficient (Wildman–Crippen LogP) is 4.95. The van der Waals surface area contributed by atoms with E-state index in [1.165, 1.54) is 11.8 Å². The van der Waals surface area contributed by atoms with E-state index in [0.29, 0.717) is 29.0 Å². The van der Waals surface area contributed by atoms with Crippen LogP contribution < -0.4 is 5.32 Å². The van der Waals surface area contributed by atoms with Crippen LogP contribution in [0.2, 0.25) is 0 Å². The van der Waals surface area contributed by atoms with Crippen molar-refractivity contribution in [2.24, 2.45) is 0 Å². The number of anilines is 1. The highest BCUT2D eigenvalue weighted by Crippen LogP contribution is 2.33. The molecule has 4 aromatic rings. The van der Waals surface area contributed by atoms with E-state index in [-0.39, 0.29) is 5.91 Å². The average Bonchev–Trinajstić information content (AvgIpc) is 3.38. The number of aryl methyl sites for hydroxylation is 2. The average molecular weight is 420 g/mol. The van der Waals surface area contributed by atoms with Crippen LogP contribution in [0.5, 0.6) is 0 Å². The fourth-order valence-electron chi connectivity index (χ4n) is 2.97. The first-order chi connectivity index (χ1) is 14.6. The lowest BCUT2D eigenvalue weighted by Gasteiger charge is -2.15. The summed E-state index contributed by atoms with van der Waals surface area (Å²) in [6, 6.07) is 19.1. The van der Waals surface area contributed by atoms with Gasteiger partial charge in [0.25, 0.3) is 0 Å². The fourth-order valence-corrected chi connectivity index (χ4v) is 3.96. The molecule has 2 aromatic heterocycles. The summed E-state index contributed by atoms with van der Waals surface area (Å²) in [5, 5.41) is 10.3. The first-order valence-electron chi connectivity index (χ1n) is 9.39. The molecule has 2 heterocycles. The topological polar surface area (TPSA) is 94.1 Å². The van der Waals surface area contributed by atoms with E-state index in [1.54, 1.807) is 13.0 Å². The third-order valence-corrected chi connectivity index (χ3v) is 5.68. The van der Waals surface area contributed by atoms with Crippen LogP contribution in [-0.4, -0.2) is 21.2 Å². The van der Waals surface area contributed by atoms with E-state index in [4.69, 9.17) is 9.05 Å². The van der Waals surface area contributed by atoms with Gasteiger partial charge < -0.3 is 14.4 Å². The second kappa shape index (κ2) is 8.96. The molecule has 30 heavy (non-hydrogen) atoms. The number of nitrogens with one attached hydrogen (secondary N) is 1. The molecule has 7 nitrogen and oxygen atoms in total. The Kier molecular flexibility index (Phi) is 5.94. The number of thioether (sulfide) groups is 1. The van der Waals surface area contributed by atoms with E-state index in [9.17, 15) is 4.79 Å². The van der Waals surface area contributed by atoms with Gasteiger partial charge in [-0.15, -0.1) is 11.8 Å². The van der Waals surface area contributed by atoms with Crippen molar-refractivity contribution in [2.45, 2.75) is 24.9 Å². The van der Waals surface area contributed by atoms with Gasteiger partial charge in [0.05, 0.1) is 5.75 Å². The highest BCUT2D eigenvalue weighted by molar-refractivity contribution is 7.99. The van der Waals surface area contributed by atoms with Gasteiger partial charge in [-0.3, -0.25) is 4.79 Å². The van der Waals surface area contributed by atoms with E-state index < -0.39 is 5.25 Å². The van der Waals surface area contributed by atoms with E-state index in [1.807, 2.05) is 61.5 Å². The first kappa shape index (κ1) is 19.9. The molecule has 0 bridgehead atoms. The Bertz CT molecular complexity index is 1140. The number of carbonyl (C=O) groups excluding carboxylic acids is 1. The van der Waals surface area contributed by atoms with Crippen molar-refractivity contribution in [3.05, 3.63) is 83.4 Å². The second-order valence-electron chi connectivity index (χ2n) is 6.74. The summed E-state index contributed by atoms with van der Waals surface area (Å²) in [6.45, 7) is 3.77. The smallest absolute Gasteiger partial charge is 0.243 e. The van der Waals surface area contributed by atoms with Crippen LogP contribution >= 0.6 is 11.8 Å². The maximum atomic E-state index is 12.9. The molecule has 1 amide bonds. The van der Waals surface area contributed by atoms with Crippen LogP contribution in [-0.2, 0) is 10.5 Å². The van der Waals surface area contributed by atoms with Crippen LogP contribution in [0.25, 0.3) is 11.4 Å². The molecule has 0 spiro atoms. The van der Waals surface area contributed by atoms with Crippen LogP contribution in [0, 0.1) is 13.8 Å². The summed E-state index contributed by atoms with van der Waals surface area (Å²) in [4.78, 5) is 17.4. The van der Waals surface area contributed by atoms with Crippen LogP contribution in [0.15, 0.2) is 69.7 Å². The van der Waals surface area contributed by atoms with Gasteiger partial charge in [-0.2, -0.15) is 4.98 Å². The van der Waals surface area contributed by atoms with Gasteiger partial charge >= 0.3 is 0 Å². The monoisotopic (exact) mass is 420 g/mol. The van der Waals surface area contributed by atoms with Gasteiger partial charge in [0.1, 0.15) is 11.0 Å². The minimum atomic E-state index is -0.475. The minimum absolute atomic E-state index is 0.196. The zero-order chi connectivity index (χ0) is 20.9.